The van der Waals surface area contributed by atoms with Gasteiger partial charge >= 0.3 is 6.01 Å². The van der Waals surface area contributed by atoms with E-state index in [1.807, 2.05) is 0 Å². The van der Waals surface area contributed by atoms with E-state index in [0.717, 1.165) is 12.8 Å². The van der Waals surface area contributed by atoms with E-state index in [1.54, 1.807) is 0 Å². The van der Waals surface area contributed by atoms with E-state index in [2.05, 4.69) is 10.2 Å². The summed E-state index contributed by atoms with van der Waals surface area (Å²) < 4.78 is 10.9. The second kappa shape index (κ2) is 4.61. The molecule has 0 radical (unpaired) electrons. The van der Waals surface area contributed by atoms with Crippen LogP contribution in [-0.2, 0) is 14.3 Å². The quantitative estimate of drug-likeness (QED) is 0.808. The van der Waals surface area contributed by atoms with Crippen LogP contribution in [0.4, 0.5) is 6.01 Å². The van der Waals surface area contributed by atoms with Crippen molar-refractivity contribution >= 4 is 17.8 Å². The second-order valence-corrected chi connectivity index (χ2v) is 4.73. The minimum Gasteiger partial charge on any atom is -0.405 e. The molecule has 2 saturated heterocycles. The van der Waals surface area contributed by atoms with Crippen molar-refractivity contribution in [3.05, 3.63) is 5.89 Å². The highest BCUT2D eigenvalue weighted by molar-refractivity contribution is 5.98. The molecule has 1 aromatic heterocycles. The summed E-state index contributed by atoms with van der Waals surface area (Å²) in [6.07, 6.45) is 1.69. The fourth-order valence-electron chi connectivity index (χ4n) is 2.32. The lowest BCUT2D eigenvalue weighted by molar-refractivity contribution is -0.123. The summed E-state index contributed by atoms with van der Waals surface area (Å²) in [5.41, 5.74) is 5.20. The van der Waals surface area contributed by atoms with Crippen LogP contribution in [0.1, 0.15) is 31.3 Å². The zero-order valence-corrected chi connectivity index (χ0v) is 10.2. The molecule has 3 heterocycles. The predicted molar refractivity (Wildman–Crippen MR) is 61.9 cm³/mol. The summed E-state index contributed by atoms with van der Waals surface area (Å²) in [6.45, 7) is 0.871. The van der Waals surface area contributed by atoms with E-state index in [9.17, 15) is 9.59 Å². The molecule has 0 aromatic carbocycles. The summed E-state index contributed by atoms with van der Waals surface area (Å²) in [7, 11) is 0. The molecule has 19 heavy (non-hydrogen) atoms. The van der Waals surface area contributed by atoms with Crippen LogP contribution in [0.3, 0.4) is 0 Å². The smallest absolute Gasteiger partial charge is 0.325 e. The van der Waals surface area contributed by atoms with Gasteiger partial charge in [-0.2, -0.15) is 0 Å². The Morgan fingerprint density at radius 2 is 2.26 bits per heavy atom. The van der Waals surface area contributed by atoms with Gasteiger partial charge in [-0.05, 0) is 12.8 Å². The van der Waals surface area contributed by atoms with Gasteiger partial charge in [0.2, 0.25) is 17.7 Å². The molecule has 0 aliphatic carbocycles. The Morgan fingerprint density at radius 3 is 2.89 bits per heavy atom. The fraction of sp³-hybridized carbons (Fsp3) is 0.636. The lowest BCUT2D eigenvalue weighted by Crippen LogP contribution is -2.28. The third-order valence-electron chi connectivity index (χ3n) is 3.39. The SMILES string of the molecule is NC(=O)C1CC(=O)N(c2nnc(C3CCCO3)o2)C1. The molecule has 1 aromatic rings. The first kappa shape index (κ1) is 12.1. The number of hydrogen-bond acceptors (Lipinski definition) is 6. The number of anilines is 1. The summed E-state index contributed by atoms with van der Waals surface area (Å²) in [5, 5.41) is 7.74. The zero-order valence-electron chi connectivity index (χ0n) is 10.2. The van der Waals surface area contributed by atoms with Gasteiger partial charge in [0.05, 0.1) is 5.92 Å². The zero-order chi connectivity index (χ0) is 13.4. The maximum Gasteiger partial charge on any atom is 0.325 e. The van der Waals surface area contributed by atoms with E-state index in [0.29, 0.717) is 12.5 Å². The number of nitrogens with two attached hydrogens (primary N) is 1. The van der Waals surface area contributed by atoms with Crippen molar-refractivity contribution in [3.8, 4) is 0 Å². The average Bonchev–Trinajstić information content (AvgIpc) is 3.07. The largest absolute Gasteiger partial charge is 0.405 e. The van der Waals surface area contributed by atoms with Crippen LogP contribution in [0.25, 0.3) is 0 Å². The van der Waals surface area contributed by atoms with Gasteiger partial charge in [-0.1, -0.05) is 5.10 Å². The topological polar surface area (TPSA) is 112 Å². The monoisotopic (exact) mass is 266 g/mol. The highest BCUT2D eigenvalue weighted by Gasteiger charge is 2.37. The van der Waals surface area contributed by atoms with E-state index < -0.39 is 11.8 Å². The molecular formula is C11H14N4O4. The third kappa shape index (κ3) is 2.19. The molecule has 2 aliphatic rings. The van der Waals surface area contributed by atoms with Gasteiger partial charge in [0.15, 0.2) is 0 Å². The van der Waals surface area contributed by atoms with E-state index in [4.69, 9.17) is 14.9 Å². The predicted octanol–water partition coefficient (Wildman–Crippen LogP) is -0.241. The van der Waals surface area contributed by atoms with Gasteiger partial charge in [0.1, 0.15) is 6.10 Å². The maximum atomic E-state index is 11.8. The van der Waals surface area contributed by atoms with Crippen molar-refractivity contribution < 1.29 is 18.7 Å². The molecule has 2 atom stereocenters. The second-order valence-electron chi connectivity index (χ2n) is 4.73. The van der Waals surface area contributed by atoms with Crippen LogP contribution >= 0.6 is 0 Å². The molecule has 2 aliphatic heterocycles. The van der Waals surface area contributed by atoms with Crippen molar-refractivity contribution in [3.63, 3.8) is 0 Å². The van der Waals surface area contributed by atoms with Crippen LogP contribution in [0, 0.1) is 5.92 Å². The fourth-order valence-corrected chi connectivity index (χ4v) is 2.32. The molecule has 2 N–H and O–H groups in total. The number of aromatic nitrogens is 2. The molecule has 8 heteroatoms. The highest BCUT2D eigenvalue weighted by Crippen LogP contribution is 2.30. The van der Waals surface area contributed by atoms with Gasteiger partial charge in [0, 0.05) is 19.6 Å². The van der Waals surface area contributed by atoms with Gasteiger partial charge < -0.3 is 14.9 Å². The Morgan fingerprint density at radius 1 is 1.42 bits per heavy atom. The Kier molecular flexibility index (Phi) is 2.94. The number of carbonyl (C=O) groups is 2. The first-order valence-corrected chi connectivity index (χ1v) is 6.20. The Hall–Kier alpha value is -1.96. The van der Waals surface area contributed by atoms with Crippen LogP contribution in [0.2, 0.25) is 0 Å². The summed E-state index contributed by atoms with van der Waals surface area (Å²) >= 11 is 0. The molecule has 0 spiro atoms. The summed E-state index contributed by atoms with van der Waals surface area (Å²) in [6, 6.07) is 0.110. The Balaban J connectivity index is 1.75. The molecule has 0 bridgehead atoms. The molecule has 2 amide bonds. The highest BCUT2D eigenvalue weighted by atomic mass is 16.5. The van der Waals surface area contributed by atoms with Crippen LogP contribution in [-0.4, -0.2) is 35.2 Å². The van der Waals surface area contributed by atoms with Crippen molar-refractivity contribution in [2.45, 2.75) is 25.4 Å². The van der Waals surface area contributed by atoms with Gasteiger partial charge in [-0.3, -0.25) is 14.5 Å². The summed E-state index contributed by atoms with van der Waals surface area (Å²) in [4.78, 5) is 24.2. The Labute approximate surface area is 108 Å². The first-order valence-electron chi connectivity index (χ1n) is 6.20. The normalized spacial score (nSPS) is 27.2. The van der Waals surface area contributed by atoms with Crippen LogP contribution in [0.5, 0.6) is 0 Å². The molecule has 3 rings (SSSR count). The molecule has 2 fully saturated rings. The number of hydrogen-bond donors (Lipinski definition) is 1. The molecular weight excluding hydrogens is 252 g/mol. The van der Waals surface area contributed by atoms with Crippen molar-refractivity contribution in [1.82, 2.24) is 10.2 Å². The van der Waals surface area contributed by atoms with E-state index in [1.165, 1.54) is 4.90 Å². The third-order valence-corrected chi connectivity index (χ3v) is 3.39. The number of carbonyl (C=O) groups excluding carboxylic acids is 2. The van der Waals surface area contributed by atoms with Crippen molar-refractivity contribution in [2.75, 3.05) is 18.1 Å². The minimum absolute atomic E-state index is 0.0903. The number of nitrogens with zero attached hydrogens (tertiary/aromatic N) is 3. The minimum atomic E-state index is -0.495. The van der Waals surface area contributed by atoms with E-state index >= 15 is 0 Å². The number of ether oxygens (including phenoxy) is 1. The molecule has 8 nitrogen and oxygen atoms in total. The van der Waals surface area contributed by atoms with Gasteiger partial charge in [-0.15, -0.1) is 5.10 Å². The van der Waals surface area contributed by atoms with Crippen molar-refractivity contribution in [2.24, 2.45) is 11.7 Å². The van der Waals surface area contributed by atoms with Gasteiger partial charge in [0.25, 0.3) is 0 Å². The summed E-state index contributed by atoms with van der Waals surface area (Å²) in [5.74, 6) is -0.838. The molecule has 2 unspecified atom stereocenters. The molecule has 0 saturated carbocycles. The Bertz CT molecular complexity index is 509. The molecule has 102 valence electrons. The standard InChI is InChI=1S/C11H14N4O4/c12-9(17)6-4-8(16)15(5-6)11-14-13-10(19-11)7-2-1-3-18-7/h6-7H,1-5H2,(H2,12,17). The van der Waals surface area contributed by atoms with Gasteiger partial charge in [-0.25, -0.2) is 0 Å². The lowest BCUT2D eigenvalue weighted by Gasteiger charge is -2.09. The number of rotatable bonds is 3. The van der Waals surface area contributed by atoms with Crippen LogP contribution < -0.4 is 10.6 Å². The lowest BCUT2D eigenvalue weighted by atomic mass is 10.1. The first-order chi connectivity index (χ1) is 9.15. The average molecular weight is 266 g/mol. The van der Waals surface area contributed by atoms with E-state index in [-0.39, 0.29) is 31.0 Å². The number of amides is 2. The number of primary amides is 1. The van der Waals surface area contributed by atoms with Crippen LogP contribution in [0.15, 0.2) is 4.42 Å². The van der Waals surface area contributed by atoms with Crippen molar-refractivity contribution in [1.29, 1.82) is 0 Å². The maximum absolute atomic E-state index is 11.8.